The summed E-state index contributed by atoms with van der Waals surface area (Å²) in [5.41, 5.74) is 4.22. The van der Waals surface area contributed by atoms with Crippen molar-refractivity contribution in [2.24, 2.45) is 0 Å². The summed E-state index contributed by atoms with van der Waals surface area (Å²) in [4.78, 5) is 13.1. The molecule has 1 aromatic carbocycles. The number of nitrogens with zero attached hydrogens (tertiary/aromatic N) is 5. The van der Waals surface area contributed by atoms with Gasteiger partial charge in [-0.15, -0.1) is 5.10 Å². The molecule has 1 amide bonds. The van der Waals surface area contributed by atoms with Crippen molar-refractivity contribution in [3.63, 3.8) is 0 Å². The number of hydrogen-bond acceptors (Lipinski definition) is 5. The summed E-state index contributed by atoms with van der Waals surface area (Å²) in [6.07, 6.45) is 6.20. The van der Waals surface area contributed by atoms with Gasteiger partial charge < -0.3 is 14.6 Å². The molecular formula is C22H28N6O2. The smallest absolute Gasteiger partial charge is 0.257 e. The summed E-state index contributed by atoms with van der Waals surface area (Å²) in [5.74, 6) is 1.14. The number of rotatable bonds is 5. The highest BCUT2D eigenvalue weighted by Gasteiger charge is 2.23. The lowest BCUT2D eigenvalue weighted by Crippen LogP contribution is -2.17. The van der Waals surface area contributed by atoms with Crippen LogP contribution in [0.25, 0.3) is 5.69 Å². The summed E-state index contributed by atoms with van der Waals surface area (Å²) in [6, 6.07) is 7.93. The average molecular weight is 409 g/mol. The van der Waals surface area contributed by atoms with Crippen molar-refractivity contribution in [2.75, 3.05) is 12.4 Å². The Kier molecular flexibility index (Phi) is 5.57. The highest BCUT2D eigenvalue weighted by Crippen LogP contribution is 2.33. The number of benzene rings is 1. The monoisotopic (exact) mass is 408 g/mol. The van der Waals surface area contributed by atoms with Crippen LogP contribution in [0.5, 0.6) is 5.75 Å². The first-order valence-electron chi connectivity index (χ1n) is 10.4. The third kappa shape index (κ3) is 3.69. The fourth-order valence-corrected chi connectivity index (χ4v) is 4.49. The van der Waals surface area contributed by atoms with E-state index in [0.717, 1.165) is 11.4 Å². The van der Waals surface area contributed by atoms with Gasteiger partial charge in [-0.3, -0.25) is 4.79 Å². The molecule has 8 heteroatoms. The number of hydrogen-bond donors (Lipinski definition) is 1. The van der Waals surface area contributed by atoms with Crippen LogP contribution in [0.15, 0.2) is 24.3 Å². The van der Waals surface area contributed by atoms with Gasteiger partial charge >= 0.3 is 0 Å². The Morgan fingerprint density at radius 3 is 2.57 bits per heavy atom. The summed E-state index contributed by atoms with van der Waals surface area (Å²) >= 11 is 0. The largest absolute Gasteiger partial charge is 0.494 e. The Balaban J connectivity index is 1.61. The Morgan fingerprint density at radius 1 is 1.13 bits per heavy atom. The fraction of sp³-hybridized carbons (Fsp3) is 0.455. The molecule has 1 fully saturated rings. The van der Waals surface area contributed by atoms with Crippen LogP contribution in [0.1, 0.15) is 65.7 Å². The molecule has 0 aliphatic heterocycles. The summed E-state index contributed by atoms with van der Waals surface area (Å²) < 4.78 is 9.37. The maximum absolute atomic E-state index is 13.1. The Hall–Kier alpha value is -3.16. The number of carbonyl (C=O) groups excluding carboxylic acids is 1. The predicted molar refractivity (Wildman–Crippen MR) is 114 cm³/mol. The Bertz CT molecular complexity index is 1060. The number of anilines is 1. The highest BCUT2D eigenvalue weighted by molar-refractivity contribution is 6.05. The van der Waals surface area contributed by atoms with Gasteiger partial charge in [0.25, 0.3) is 5.91 Å². The van der Waals surface area contributed by atoms with E-state index in [0.29, 0.717) is 34.6 Å². The Morgan fingerprint density at radius 2 is 1.90 bits per heavy atom. The SMILES string of the molecule is COc1ccc(NC(=O)c2cc(C)n(C3CCCCC3)c2C)cc1-n1nnnc1C. The second-order valence-electron chi connectivity index (χ2n) is 7.93. The number of nitrogens with one attached hydrogen (secondary N) is 1. The molecule has 0 spiro atoms. The Labute approximate surface area is 176 Å². The standard InChI is InChI=1S/C22H28N6O2/c1-14-12-19(15(2)27(14)18-8-6-5-7-9-18)22(29)23-17-10-11-21(30-4)20(13-17)28-16(3)24-25-26-28/h10-13,18H,5-9H2,1-4H3,(H,23,29). The molecule has 0 unspecified atom stereocenters. The van der Waals surface area contributed by atoms with Crippen molar-refractivity contribution in [3.8, 4) is 11.4 Å². The molecule has 3 aromatic rings. The topological polar surface area (TPSA) is 86.9 Å². The van der Waals surface area contributed by atoms with Crippen molar-refractivity contribution in [3.05, 3.63) is 47.0 Å². The molecule has 0 bridgehead atoms. The predicted octanol–water partition coefficient (Wildman–Crippen LogP) is 4.16. The number of aromatic nitrogens is 5. The normalized spacial score (nSPS) is 14.7. The first-order chi connectivity index (χ1) is 14.5. The number of aryl methyl sites for hydroxylation is 2. The lowest BCUT2D eigenvalue weighted by molar-refractivity contribution is 0.102. The van der Waals surface area contributed by atoms with E-state index in [1.54, 1.807) is 17.9 Å². The van der Waals surface area contributed by atoms with Crippen LogP contribution in [0.2, 0.25) is 0 Å². The number of tetrazole rings is 1. The lowest BCUT2D eigenvalue weighted by Gasteiger charge is -2.26. The zero-order valence-corrected chi connectivity index (χ0v) is 18.0. The van der Waals surface area contributed by atoms with Gasteiger partial charge in [0, 0.05) is 23.1 Å². The van der Waals surface area contributed by atoms with E-state index in [2.05, 4.69) is 32.3 Å². The van der Waals surface area contributed by atoms with E-state index < -0.39 is 0 Å². The lowest BCUT2D eigenvalue weighted by atomic mass is 9.95. The van der Waals surface area contributed by atoms with Gasteiger partial charge in [0.2, 0.25) is 0 Å². The molecule has 2 heterocycles. The van der Waals surface area contributed by atoms with Crippen LogP contribution in [0.3, 0.4) is 0 Å². The van der Waals surface area contributed by atoms with Gasteiger partial charge in [-0.05, 0) is 68.3 Å². The molecule has 158 valence electrons. The maximum Gasteiger partial charge on any atom is 0.257 e. The summed E-state index contributed by atoms with van der Waals surface area (Å²) in [6.45, 7) is 5.94. The summed E-state index contributed by atoms with van der Waals surface area (Å²) in [5, 5.41) is 14.7. The third-order valence-electron chi connectivity index (χ3n) is 5.96. The van der Waals surface area contributed by atoms with Crippen molar-refractivity contribution >= 4 is 11.6 Å². The second-order valence-corrected chi connectivity index (χ2v) is 7.93. The molecule has 8 nitrogen and oxygen atoms in total. The molecule has 1 aliphatic rings. The van der Waals surface area contributed by atoms with E-state index in [9.17, 15) is 4.79 Å². The van der Waals surface area contributed by atoms with Crippen LogP contribution >= 0.6 is 0 Å². The molecule has 30 heavy (non-hydrogen) atoms. The van der Waals surface area contributed by atoms with Gasteiger partial charge in [-0.25, -0.2) is 0 Å². The quantitative estimate of drug-likeness (QED) is 0.685. The van der Waals surface area contributed by atoms with Crippen LogP contribution in [0.4, 0.5) is 5.69 Å². The van der Waals surface area contributed by atoms with Crippen LogP contribution < -0.4 is 10.1 Å². The number of methoxy groups -OCH3 is 1. The minimum Gasteiger partial charge on any atom is -0.494 e. The van der Waals surface area contributed by atoms with Crippen molar-refractivity contribution < 1.29 is 9.53 Å². The summed E-state index contributed by atoms with van der Waals surface area (Å²) in [7, 11) is 1.59. The number of amides is 1. The van der Waals surface area contributed by atoms with Crippen LogP contribution in [-0.4, -0.2) is 37.8 Å². The number of carbonyl (C=O) groups is 1. The first-order valence-corrected chi connectivity index (χ1v) is 10.4. The zero-order chi connectivity index (χ0) is 21.3. The number of ether oxygens (including phenoxy) is 1. The minimum atomic E-state index is -0.116. The fourth-order valence-electron chi connectivity index (χ4n) is 4.49. The average Bonchev–Trinajstić information content (AvgIpc) is 3.31. The van der Waals surface area contributed by atoms with E-state index >= 15 is 0 Å². The molecular weight excluding hydrogens is 380 g/mol. The minimum absolute atomic E-state index is 0.116. The van der Waals surface area contributed by atoms with Gasteiger partial charge in [0.15, 0.2) is 5.82 Å². The first kappa shape index (κ1) is 20.1. The van der Waals surface area contributed by atoms with Gasteiger partial charge in [0.1, 0.15) is 11.4 Å². The molecule has 4 rings (SSSR count). The van der Waals surface area contributed by atoms with E-state index in [1.165, 1.54) is 32.1 Å². The van der Waals surface area contributed by atoms with Crippen molar-refractivity contribution in [2.45, 2.75) is 58.9 Å². The zero-order valence-electron chi connectivity index (χ0n) is 18.0. The van der Waals surface area contributed by atoms with Gasteiger partial charge in [-0.1, -0.05) is 19.3 Å². The van der Waals surface area contributed by atoms with Crippen molar-refractivity contribution in [1.29, 1.82) is 0 Å². The molecule has 2 aromatic heterocycles. The van der Waals surface area contributed by atoms with Gasteiger partial charge in [-0.2, -0.15) is 4.68 Å². The van der Waals surface area contributed by atoms with E-state index in [4.69, 9.17) is 4.74 Å². The molecule has 0 saturated heterocycles. The maximum atomic E-state index is 13.1. The molecule has 1 saturated carbocycles. The van der Waals surface area contributed by atoms with Crippen LogP contribution in [-0.2, 0) is 0 Å². The molecule has 1 aliphatic carbocycles. The molecule has 0 radical (unpaired) electrons. The van der Waals surface area contributed by atoms with E-state index in [-0.39, 0.29) is 5.91 Å². The van der Waals surface area contributed by atoms with Gasteiger partial charge in [0.05, 0.1) is 12.7 Å². The van der Waals surface area contributed by atoms with E-state index in [1.807, 2.05) is 32.0 Å². The second kappa shape index (κ2) is 8.30. The third-order valence-corrected chi connectivity index (χ3v) is 5.96. The highest BCUT2D eigenvalue weighted by atomic mass is 16.5. The molecule has 0 atom stereocenters. The van der Waals surface area contributed by atoms with Crippen molar-refractivity contribution in [1.82, 2.24) is 24.8 Å². The molecule has 1 N–H and O–H groups in total. The van der Waals surface area contributed by atoms with Crippen LogP contribution in [0, 0.1) is 20.8 Å².